The third-order valence-corrected chi connectivity index (χ3v) is 11.2. The normalized spacial score (nSPS) is 14.0. The van der Waals surface area contributed by atoms with Gasteiger partial charge in [-0.25, -0.2) is 0 Å². The van der Waals surface area contributed by atoms with Gasteiger partial charge in [-0.1, -0.05) is 227 Å². The first kappa shape index (κ1) is 59.8. The van der Waals surface area contributed by atoms with Crippen molar-refractivity contribution in [2.24, 2.45) is 0 Å². The largest absolute Gasteiger partial charge is 0.462 e. The van der Waals surface area contributed by atoms with E-state index in [1.807, 2.05) is 36.5 Å². The average Bonchev–Trinajstić information content (AvgIpc) is 3.28. The van der Waals surface area contributed by atoms with Crippen molar-refractivity contribution < 1.29 is 24.5 Å². The highest BCUT2D eigenvalue weighted by Crippen LogP contribution is 2.17. The van der Waals surface area contributed by atoms with E-state index in [0.717, 1.165) is 96.3 Å². The van der Waals surface area contributed by atoms with Gasteiger partial charge in [0, 0.05) is 6.42 Å². The van der Waals surface area contributed by atoms with Crippen LogP contribution in [0.25, 0.3) is 0 Å². The van der Waals surface area contributed by atoms with Gasteiger partial charge < -0.3 is 20.3 Å². The van der Waals surface area contributed by atoms with Gasteiger partial charge in [-0.2, -0.15) is 0 Å². The number of unbranched alkanes of at least 4 members (excludes halogenated alkanes) is 21. The zero-order valence-corrected chi connectivity index (χ0v) is 40.9. The first-order chi connectivity index (χ1) is 31.0. The van der Waals surface area contributed by atoms with Gasteiger partial charge in [-0.3, -0.25) is 9.59 Å². The van der Waals surface area contributed by atoms with Crippen molar-refractivity contribution in [1.82, 2.24) is 5.32 Å². The molecule has 0 rings (SSSR count). The molecule has 0 aromatic heterocycles. The number of esters is 1. The summed E-state index contributed by atoms with van der Waals surface area (Å²) in [6.07, 6.45) is 66.0. The minimum Gasteiger partial charge on any atom is -0.462 e. The average molecular weight is 876 g/mol. The number of allylic oxidation sites excluding steroid dienone is 16. The second-order valence-corrected chi connectivity index (χ2v) is 17.3. The van der Waals surface area contributed by atoms with Crippen molar-refractivity contribution in [1.29, 1.82) is 0 Å². The molecule has 0 fully saturated rings. The van der Waals surface area contributed by atoms with Crippen molar-refractivity contribution in [2.45, 2.75) is 244 Å². The van der Waals surface area contributed by atoms with E-state index in [1.165, 1.54) is 83.5 Å². The maximum atomic E-state index is 13.2. The molecule has 0 aliphatic heterocycles. The Kier molecular flexibility index (Phi) is 47.2. The number of hydrogen-bond donors (Lipinski definition) is 3. The van der Waals surface area contributed by atoms with E-state index < -0.39 is 18.2 Å². The van der Waals surface area contributed by atoms with Crippen LogP contribution in [0.4, 0.5) is 0 Å². The van der Waals surface area contributed by atoms with Gasteiger partial charge in [0.1, 0.15) is 6.10 Å². The molecule has 0 saturated carbocycles. The quantitative estimate of drug-likeness (QED) is 0.0245. The molecular formula is C57H97NO5. The predicted octanol–water partition coefficient (Wildman–Crippen LogP) is 15.7. The maximum absolute atomic E-state index is 13.2. The number of aliphatic hydroxyl groups excluding tert-OH is 2. The SMILES string of the molecule is CCC/C=C/C=C/C=C/C=C/C=C/CCCCCC(CC(=O)NC(CO)C(O)CCCCCCCCCCCCC)OC(=O)CCCCCC/C=C\C/C=C\C/C=C\CCCCC. The Hall–Kier alpha value is -3.22. The second-order valence-electron chi connectivity index (χ2n) is 17.3. The molecule has 0 aliphatic carbocycles. The van der Waals surface area contributed by atoms with Gasteiger partial charge in [-0.15, -0.1) is 0 Å². The highest BCUT2D eigenvalue weighted by atomic mass is 16.5. The lowest BCUT2D eigenvalue weighted by atomic mass is 10.0. The summed E-state index contributed by atoms with van der Waals surface area (Å²) in [4.78, 5) is 26.2. The fourth-order valence-electron chi connectivity index (χ4n) is 7.29. The zero-order valence-electron chi connectivity index (χ0n) is 40.9. The van der Waals surface area contributed by atoms with Crippen molar-refractivity contribution in [2.75, 3.05) is 6.61 Å². The van der Waals surface area contributed by atoms with Crippen LogP contribution in [0.15, 0.2) is 97.2 Å². The maximum Gasteiger partial charge on any atom is 0.306 e. The highest BCUT2D eigenvalue weighted by Gasteiger charge is 2.24. The summed E-state index contributed by atoms with van der Waals surface area (Å²) in [5, 5.41) is 23.7. The van der Waals surface area contributed by atoms with Crippen molar-refractivity contribution >= 4 is 11.9 Å². The summed E-state index contributed by atoms with van der Waals surface area (Å²) in [5.41, 5.74) is 0. The molecule has 3 unspecified atom stereocenters. The van der Waals surface area contributed by atoms with Crippen molar-refractivity contribution in [3.05, 3.63) is 97.2 Å². The lowest BCUT2D eigenvalue weighted by Gasteiger charge is -2.24. The highest BCUT2D eigenvalue weighted by molar-refractivity contribution is 5.77. The van der Waals surface area contributed by atoms with Gasteiger partial charge in [-0.05, 0) is 83.5 Å². The molecule has 6 nitrogen and oxygen atoms in total. The number of nitrogens with one attached hydrogen (secondary N) is 1. The smallest absolute Gasteiger partial charge is 0.306 e. The van der Waals surface area contributed by atoms with Crippen LogP contribution in [-0.4, -0.2) is 46.9 Å². The van der Waals surface area contributed by atoms with E-state index in [4.69, 9.17) is 4.74 Å². The van der Waals surface area contributed by atoms with E-state index in [9.17, 15) is 19.8 Å². The summed E-state index contributed by atoms with van der Waals surface area (Å²) < 4.78 is 5.91. The van der Waals surface area contributed by atoms with Crippen LogP contribution in [0.3, 0.4) is 0 Å². The van der Waals surface area contributed by atoms with Gasteiger partial charge >= 0.3 is 5.97 Å². The molecule has 3 atom stereocenters. The monoisotopic (exact) mass is 876 g/mol. The fourth-order valence-corrected chi connectivity index (χ4v) is 7.29. The Morgan fingerprint density at radius 2 is 0.905 bits per heavy atom. The van der Waals surface area contributed by atoms with Crippen LogP contribution in [0.1, 0.15) is 226 Å². The molecule has 3 N–H and O–H groups in total. The summed E-state index contributed by atoms with van der Waals surface area (Å²) in [6, 6.07) is -0.726. The molecular weight excluding hydrogens is 779 g/mol. The van der Waals surface area contributed by atoms with Gasteiger partial charge in [0.2, 0.25) is 5.91 Å². The molecule has 1 amide bonds. The van der Waals surface area contributed by atoms with Gasteiger partial charge in [0.05, 0.1) is 25.2 Å². The molecule has 0 saturated heterocycles. The van der Waals surface area contributed by atoms with Crippen LogP contribution >= 0.6 is 0 Å². The third-order valence-electron chi connectivity index (χ3n) is 11.2. The van der Waals surface area contributed by atoms with Crippen molar-refractivity contribution in [3.8, 4) is 0 Å². The lowest BCUT2D eigenvalue weighted by molar-refractivity contribution is -0.151. The predicted molar refractivity (Wildman–Crippen MR) is 273 cm³/mol. The number of carbonyl (C=O) groups is 2. The molecule has 360 valence electrons. The summed E-state index contributed by atoms with van der Waals surface area (Å²) in [6.45, 7) is 6.33. The standard InChI is InChI=1S/C57H97NO5/c1-4-7-10-13-16-19-22-24-26-28-30-32-35-38-41-44-47-50-57(62)63-53(48-45-42-39-36-34-31-29-27-25-23-20-17-14-11-8-5-2)51-56(61)58-54(52-59)55(60)49-46-43-40-37-33-21-18-15-12-9-6-3/h11,14,16-17,19-20,23-27,29-32,34,53-55,59-60H,4-10,12-13,15,18,21-22,28,33,35-52H2,1-3H3,(H,58,61)/b14-11+,19-16-,20-17+,25-23+,26-24-,29-27+,32-30-,34-31+. The fraction of sp³-hybridized carbons (Fsp3) is 0.684. The van der Waals surface area contributed by atoms with Crippen molar-refractivity contribution in [3.63, 3.8) is 0 Å². The van der Waals surface area contributed by atoms with E-state index in [2.05, 4.69) is 86.8 Å². The Labute approximate surface area is 388 Å². The summed E-state index contributed by atoms with van der Waals surface area (Å²) >= 11 is 0. The minimum atomic E-state index is -0.809. The molecule has 0 spiro atoms. The Morgan fingerprint density at radius 3 is 1.48 bits per heavy atom. The minimum absolute atomic E-state index is 0.0348. The first-order valence-electron chi connectivity index (χ1n) is 26.0. The Bertz CT molecular complexity index is 1260. The van der Waals surface area contributed by atoms with Crippen LogP contribution in [0.5, 0.6) is 0 Å². The molecule has 0 radical (unpaired) electrons. The van der Waals surface area contributed by atoms with Crippen LogP contribution in [0.2, 0.25) is 0 Å². The number of rotatable bonds is 45. The number of carbonyl (C=O) groups excluding carboxylic acids is 2. The van der Waals surface area contributed by atoms with E-state index in [-0.39, 0.29) is 24.9 Å². The lowest BCUT2D eigenvalue weighted by Crippen LogP contribution is -2.46. The Morgan fingerprint density at radius 1 is 0.476 bits per heavy atom. The number of amides is 1. The Balaban J connectivity index is 4.75. The van der Waals surface area contributed by atoms with Crippen LogP contribution < -0.4 is 5.32 Å². The van der Waals surface area contributed by atoms with Gasteiger partial charge in [0.25, 0.3) is 0 Å². The number of aliphatic hydroxyl groups is 2. The zero-order chi connectivity index (χ0) is 45.9. The molecule has 6 heteroatoms. The van der Waals surface area contributed by atoms with E-state index in [1.54, 1.807) is 0 Å². The van der Waals surface area contributed by atoms with E-state index >= 15 is 0 Å². The topological polar surface area (TPSA) is 95.9 Å². The number of ether oxygens (including phenoxy) is 1. The summed E-state index contributed by atoms with van der Waals surface area (Å²) in [5.74, 6) is -0.548. The molecule has 0 heterocycles. The second kappa shape index (κ2) is 49.8. The molecule has 63 heavy (non-hydrogen) atoms. The van der Waals surface area contributed by atoms with E-state index in [0.29, 0.717) is 19.3 Å². The van der Waals surface area contributed by atoms with Crippen LogP contribution in [0, 0.1) is 0 Å². The first-order valence-corrected chi connectivity index (χ1v) is 26.0. The molecule has 0 bridgehead atoms. The summed E-state index contributed by atoms with van der Waals surface area (Å²) in [7, 11) is 0. The third kappa shape index (κ3) is 45.2. The van der Waals surface area contributed by atoms with Gasteiger partial charge in [0.15, 0.2) is 0 Å². The molecule has 0 aromatic carbocycles. The number of hydrogen-bond acceptors (Lipinski definition) is 5. The molecule has 0 aliphatic rings. The van der Waals surface area contributed by atoms with Crippen LogP contribution in [-0.2, 0) is 14.3 Å². The molecule has 0 aromatic rings.